The van der Waals surface area contributed by atoms with Gasteiger partial charge in [-0.05, 0) is 84.7 Å². The van der Waals surface area contributed by atoms with Gasteiger partial charge in [0.15, 0.2) is 0 Å². The Balaban J connectivity index is 1.44. The quantitative estimate of drug-likeness (QED) is 0.409. The van der Waals surface area contributed by atoms with Crippen molar-refractivity contribution in [3.05, 3.63) is 70.9 Å². The van der Waals surface area contributed by atoms with Gasteiger partial charge in [0.05, 0.1) is 0 Å². The SMILES string of the molecule is NCCCCNc1cccc(C2=Cc3c(-c4cccc5c4CCC5)c[nH]c3NC2)c1. The van der Waals surface area contributed by atoms with Crippen molar-refractivity contribution in [3.63, 3.8) is 0 Å². The number of aromatic nitrogens is 1. The molecular formula is C26H30N4. The summed E-state index contributed by atoms with van der Waals surface area (Å²) in [5, 5.41) is 7.12. The first-order valence-electron chi connectivity index (χ1n) is 11.1. The maximum atomic E-state index is 5.60. The third kappa shape index (κ3) is 3.63. The van der Waals surface area contributed by atoms with Crippen LogP contribution in [0.5, 0.6) is 0 Å². The van der Waals surface area contributed by atoms with E-state index in [1.807, 2.05) is 0 Å². The molecule has 0 unspecified atom stereocenters. The molecule has 154 valence electrons. The fraction of sp³-hybridized carbons (Fsp3) is 0.308. The van der Waals surface area contributed by atoms with Gasteiger partial charge in [-0.3, -0.25) is 0 Å². The molecule has 0 spiro atoms. The summed E-state index contributed by atoms with van der Waals surface area (Å²) < 4.78 is 0. The predicted molar refractivity (Wildman–Crippen MR) is 128 cm³/mol. The molecule has 2 heterocycles. The summed E-state index contributed by atoms with van der Waals surface area (Å²) >= 11 is 0. The van der Waals surface area contributed by atoms with E-state index in [0.29, 0.717) is 0 Å². The number of nitrogens with one attached hydrogen (secondary N) is 3. The fourth-order valence-corrected chi connectivity index (χ4v) is 4.75. The molecule has 1 aliphatic heterocycles. The molecule has 1 aliphatic carbocycles. The zero-order valence-electron chi connectivity index (χ0n) is 17.4. The number of nitrogens with two attached hydrogens (primary N) is 1. The van der Waals surface area contributed by atoms with Gasteiger partial charge in [-0.15, -0.1) is 0 Å². The summed E-state index contributed by atoms with van der Waals surface area (Å²) in [5.41, 5.74) is 16.4. The van der Waals surface area contributed by atoms with Crippen molar-refractivity contribution in [2.45, 2.75) is 32.1 Å². The third-order valence-electron chi connectivity index (χ3n) is 6.32. The fourth-order valence-electron chi connectivity index (χ4n) is 4.75. The van der Waals surface area contributed by atoms with Crippen LogP contribution in [0.15, 0.2) is 48.7 Å². The molecule has 4 heteroatoms. The first kappa shape index (κ1) is 19.0. The van der Waals surface area contributed by atoms with Crippen molar-refractivity contribution >= 4 is 23.2 Å². The van der Waals surface area contributed by atoms with Crippen molar-refractivity contribution < 1.29 is 0 Å². The Morgan fingerprint density at radius 3 is 2.87 bits per heavy atom. The monoisotopic (exact) mass is 398 g/mol. The van der Waals surface area contributed by atoms with Crippen LogP contribution in [-0.2, 0) is 12.8 Å². The molecule has 1 aromatic heterocycles. The Kier molecular flexibility index (Phi) is 5.33. The lowest BCUT2D eigenvalue weighted by molar-refractivity contribution is 0.774. The molecular weight excluding hydrogens is 368 g/mol. The molecule has 4 nitrogen and oxygen atoms in total. The van der Waals surface area contributed by atoms with Gasteiger partial charge in [-0.2, -0.15) is 0 Å². The highest BCUT2D eigenvalue weighted by Crippen LogP contribution is 2.39. The molecule has 30 heavy (non-hydrogen) atoms. The number of fused-ring (bicyclic) bond motifs is 2. The molecule has 0 atom stereocenters. The van der Waals surface area contributed by atoms with Gasteiger partial charge in [0.1, 0.15) is 5.82 Å². The van der Waals surface area contributed by atoms with Crippen molar-refractivity contribution in [3.8, 4) is 11.1 Å². The van der Waals surface area contributed by atoms with Crippen molar-refractivity contribution in [2.75, 3.05) is 30.3 Å². The van der Waals surface area contributed by atoms with Crippen LogP contribution in [-0.4, -0.2) is 24.6 Å². The van der Waals surface area contributed by atoms with Gasteiger partial charge < -0.3 is 21.4 Å². The number of H-pyrrole nitrogens is 1. The molecule has 2 aliphatic rings. The first-order valence-corrected chi connectivity index (χ1v) is 11.1. The van der Waals surface area contributed by atoms with Gasteiger partial charge in [-0.1, -0.05) is 30.3 Å². The second-order valence-corrected chi connectivity index (χ2v) is 8.31. The van der Waals surface area contributed by atoms with Gasteiger partial charge in [0, 0.05) is 36.1 Å². The van der Waals surface area contributed by atoms with Crippen LogP contribution in [0.25, 0.3) is 22.8 Å². The average molecular weight is 399 g/mol. The minimum absolute atomic E-state index is 0.756. The van der Waals surface area contributed by atoms with Gasteiger partial charge in [-0.25, -0.2) is 0 Å². The van der Waals surface area contributed by atoms with E-state index in [4.69, 9.17) is 5.73 Å². The third-order valence-corrected chi connectivity index (χ3v) is 6.32. The van der Waals surface area contributed by atoms with E-state index in [-0.39, 0.29) is 0 Å². The second kappa shape index (κ2) is 8.41. The zero-order chi connectivity index (χ0) is 20.3. The molecule has 0 fully saturated rings. The highest BCUT2D eigenvalue weighted by molar-refractivity contribution is 5.96. The number of unbranched alkanes of at least 4 members (excludes halogenated alkanes) is 1. The lowest BCUT2D eigenvalue weighted by Crippen LogP contribution is -2.10. The Bertz CT molecular complexity index is 1080. The standard InChI is InChI=1S/C26H30N4/c27-12-1-2-13-28-21-9-3-8-19(14-21)20-15-24-25(17-30-26(24)29-16-20)23-11-5-7-18-6-4-10-22(18)23/h3,5,7-9,11,14-15,17,28-30H,1-2,4,6,10,12-13,16,27H2. The summed E-state index contributed by atoms with van der Waals surface area (Å²) in [4.78, 5) is 3.46. The smallest absolute Gasteiger partial charge is 0.111 e. The van der Waals surface area contributed by atoms with Crippen molar-refractivity contribution in [2.24, 2.45) is 5.73 Å². The highest BCUT2D eigenvalue weighted by atomic mass is 15.0. The van der Waals surface area contributed by atoms with Gasteiger partial charge in [0.2, 0.25) is 0 Å². The van der Waals surface area contributed by atoms with E-state index in [9.17, 15) is 0 Å². The molecule has 2 aromatic carbocycles. The minimum atomic E-state index is 0.756. The van der Waals surface area contributed by atoms with E-state index >= 15 is 0 Å². The van der Waals surface area contributed by atoms with E-state index < -0.39 is 0 Å². The van der Waals surface area contributed by atoms with E-state index in [0.717, 1.165) is 38.3 Å². The molecule has 0 amide bonds. The largest absolute Gasteiger partial charge is 0.385 e. The average Bonchev–Trinajstić information content (AvgIpc) is 3.43. The Morgan fingerprint density at radius 1 is 1.00 bits per heavy atom. The first-order chi connectivity index (χ1) is 14.8. The van der Waals surface area contributed by atoms with Crippen molar-refractivity contribution in [1.82, 2.24) is 4.98 Å². The lowest BCUT2D eigenvalue weighted by atomic mass is 9.93. The van der Waals surface area contributed by atoms with Crippen LogP contribution in [0.1, 0.15) is 41.5 Å². The number of aryl methyl sites for hydroxylation is 1. The molecule has 0 radical (unpaired) electrons. The number of hydrogen-bond donors (Lipinski definition) is 4. The minimum Gasteiger partial charge on any atom is -0.385 e. The second-order valence-electron chi connectivity index (χ2n) is 8.31. The normalized spacial score (nSPS) is 14.6. The number of benzene rings is 2. The number of rotatable bonds is 7. The number of anilines is 2. The molecule has 0 saturated carbocycles. The lowest BCUT2D eigenvalue weighted by Gasteiger charge is -2.18. The Morgan fingerprint density at radius 2 is 1.93 bits per heavy atom. The molecule has 3 aromatic rings. The van der Waals surface area contributed by atoms with Gasteiger partial charge >= 0.3 is 0 Å². The Labute approximate surface area is 178 Å². The summed E-state index contributed by atoms with van der Waals surface area (Å²) in [7, 11) is 0. The van der Waals surface area contributed by atoms with Crippen molar-refractivity contribution in [1.29, 1.82) is 0 Å². The summed E-state index contributed by atoms with van der Waals surface area (Å²) in [6, 6.07) is 15.5. The van der Waals surface area contributed by atoms with Crippen LogP contribution in [0.3, 0.4) is 0 Å². The van der Waals surface area contributed by atoms with Gasteiger partial charge in [0.25, 0.3) is 0 Å². The molecule has 0 bridgehead atoms. The Hall–Kier alpha value is -2.98. The van der Waals surface area contributed by atoms with Crippen LogP contribution in [0.2, 0.25) is 0 Å². The maximum absolute atomic E-state index is 5.60. The summed E-state index contributed by atoms with van der Waals surface area (Å²) in [5.74, 6) is 1.13. The van der Waals surface area contributed by atoms with Crippen LogP contribution < -0.4 is 16.4 Å². The maximum Gasteiger partial charge on any atom is 0.111 e. The van der Waals surface area contributed by atoms with Crippen LogP contribution in [0, 0.1) is 0 Å². The number of hydrogen-bond acceptors (Lipinski definition) is 3. The van der Waals surface area contributed by atoms with Crippen LogP contribution >= 0.6 is 0 Å². The zero-order valence-corrected chi connectivity index (χ0v) is 17.4. The topological polar surface area (TPSA) is 65.9 Å². The predicted octanol–water partition coefficient (Wildman–Crippen LogP) is 5.29. The molecule has 5 rings (SSSR count). The molecule has 5 N–H and O–H groups in total. The van der Waals surface area contributed by atoms with E-state index in [2.05, 4.69) is 70.4 Å². The summed E-state index contributed by atoms with van der Waals surface area (Å²) in [6.45, 7) is 2.55. The van der Waals surface area contributed by atoms with Crippen LogP contribution in [0.4, 0.5) is 11.5 Å². The highest BCUT2D eigenvalue weighted by Gasteiger charge is 2.21. The van der Waals surface area contributed by atoms with E-state index in [1.54, 1.807) is 0 Å². The molecule has 0 saturated heterocycles. The number of aromatic amines is 1. The van der Waals surface area contributed by atoms with E-state index in [1.165, 1.54) is 63.9 Å². The summed E-state index contributed by atoms with van der Waals surface area (Å²) in [6.07, 6.45) is 10.4.